The normalized spacial score (nSPS) is 11.7. The van der Waals surface area contributed by atoms with Crippen molar-refractivity contribution in [3.8, 4) is 0 Å². The molecule has 0 atom stereocenters. The minimum atomic E-state index is -3.59. The van der Waals surface area contributed by atoms with E-state index in [-0.39, 0.29) is 4.90 Å². The number of sulfonamides is 1. The van der Waals surface area contributed by atoms with Crippen LogP contribution in [0.4, 0.5) is 0 Å². The van der Waals surface area contributed by atoms with E-state index in [9.17, 15) is 8.42 Å². The van der Waals surface area contributed by atoms with E-state index in [2.05, 4.69) is 14.7 Å². The van der Waals surface area contributed by atoms with E-state index in [4.69, 9.17) is 0 Å². The molecule has 0 radical (unpaired) electrons. The fourth-order valence-electron chi connectivity index (χ4n) is 2.46. The third kappa shape index (κ3) is 3.38. The Hall–Kier alpha value is -2.31. The van der Waals surface area contributed by atoms with Gasteiger partial charge in [0.05, 0.1) is 10.4 Å². The number of aromatic nitrogens is 2. The molecule has 0 saturated heterocycles. The van der Waals surface area contributed by atoms with Crippen molar-refractivity contribution in [2.75, 3.05) is 6.54 Å². The van der Waals surface area contributed by atoms with Crippen molar-refractivity contribution < 1.29 is 8.42 Å². The second kappa shape index (κ2) is 6.44. The Bertz CT molecular complexity index is 925. The van der Waals surface area contributed by atoms with E-state index in [1.165, 1.54) is 0 Å². The quantitative estimate of drug-likeness (QED) is 0.781. The number of nitrogens with one attached hydrogen (secondary N) is 1. The third-order valence-corrected chi connectivity index (χ3v) is 5.14. The minimum Gasteiger partial charge on any atom is -0.261 e. The molecule has 3 rings (SSSR count). The first-order valence-electron chi connectivity index (χ1n) is 7.32. The first kappa shape index (κ1) is 15.6. The summed E-state index contributed by atoms with van der Waals surface area (Å²) in [6.07, 6.45) is 3.91. The van der Waals surface area contributed by atoms with Crippen molar-refractivity contribution in [3.63, 3.8) is 0 Å². The molecule has 0 aliphatic rings. The number of benzene rings is 1. The summed E-state index contributed by atoms with van der Waals surface area (Å²) < 4.78 is 27.8. The van der Waals surface area contributed by atoms with Crippen LogP contribution in [0, 0.1) is 6.92 Å². The van der Waals surface area contributed by atoms with Gasteiger partial charge in [0.25, 0.3) is 0 Å². The van der Waals surface area contributed by atoms with Gasteiger partial charge in [-0.3, -0.25) is 9.97 Å². The summed E-state index contributed by atoms with van der Waals surface area (Å²) in [5, 5.41) is 0.637. The van der Waals surface area contributed by atoms with Crippen LogP contribution < -0.4 is 4.72 Å². The number of hydrogen-bond acceptors (Lipinski definition) is 4. The highest BCUT2D eigenvalue weighted by atomic mass is 32.2. The Kier molecular flexibility index (Phi) is 4.36. The lowest BCUT2D eigenvalue weighted by atomic mass is 10.1. The molecule has 1 aromatic carbocycles. The van der Waals surface area contributed by atoms with Crippen LogP contribution in [0.3, 0.4) is 0 Å². The summed E-state index contributed by atoms with van der Waals surface area (Å²) in [5.41, 5.74) is 2.51. The van der Waals surface area contributed by atoms with Crippen molar-refractivity contribution in [2.24, 2.45) is 0 Å². The molecule has 1 N–H and O–H groups in total. The van der Waals surface area contributed by atoms with Crippen LogP contribution in [0.25, 0.3) is 10.9 Å². The first-order chi connectivity index (χ1) is 11.1. The zero-order valence-corrected chi connectivity index (χ0v) is 13.5. The molecule has 118 valence electrons. The topological polar surface area (TPSA) is 72.0 Å². The van der Waals surface area contributed by atoms with Crippen molar-refractivity contribution in [2.45, 2.75) is 18.2 Å². The Morgan fingerprint density at radius 2 is 1.83 bits per heavy atom. The third-order valence-electron chi connectivity index (χ3n) is 3.62. The van der Waals surface area contributed by atoms with Gasteiger partial charge >= 0.3 is 0 Å². The van der Waals surface area contributed by atoms with E-state index in [0.29, 0.717) is 23.9 Å². The van der Waals surface area contributed by atoms with Crippen LogP contribution in [-0.4, -0.2) is 24.9 Å². The van der Waals surface area contributed by atoms with Gasteiger partial charge in [-0.05, 0) is 42.8 Å². The highest BCUT2D eigenvalue weighted by molar-refractivity contribution is 7.89. The zero-order chi connectivity index (χ0) is 16.3. The molecule has 2 aromatic heterocycles. The standard InChI is InChI=1S/C17H17N3O2S/c1-13-7-8-16(15-6-4-11-19-17(13)15)23(21,22)20-12-9-14-5-2-3-10-18-14/h2-8,10-11,20H,9,12H2,1H3. The lowest BCUT2D eigenvalue weighted by Gasteiger charge is -2.10. The molecular formula is C17H17N3O2S. The fourth-order valence-corrected chi connectivity index (χ4v) is 3.69. The predicted molar refractivity (Wildman–Crippen MR) is 89.6 cm³/mol. The SMILES string of the molecule is Cc1ccc(S(=O)(=O)NCCc2ccccn2)c2cccnc12. The number of pyridine rings is 2. The molecule has 5 nitrogen and oxygen atoms in total. The highest BCUT2D eigenvalue weighted by Gasteiger charge is 2.18. The molecule has 23 heavy (non-hydrogen) atoms. The van der Waals surface area contributed by atoms with Gasteiger partial charge in [0.15, 0.2) is 0 Å². The molecule has 0 fully saturated rings. The van der Waals surface area contributed by atoms with Crippen molar-refractivity contribution in [1.82, 2.24) is 14.7 Å². The lowest BCUT2D eigenvalue weighted by Crippen LogP contribution is -2.26. The smallest absolute Gasteiger partial charge is 0.241 e. The van der Waals surface area contributed by atoms with Gasteiger partial charge in [0.2, 0.25) is 10.0 Å². The number of rotatable bonds is 5. The maximum absolute atomic E-state index is 12.6. The monoisotopic (exact) mass is 327 g/mol. The summed E-state index contributed by atoms with van der Waals surface area (Å²) in [7, 11) is -3.59. The summed E-state index contributed by atoms with van der Waals surface area (Å²) in [6.45, 7) is 2.22. The van der Waals surface area contributed by atoms with Gasteiger partial charge in [-0.2, -0.15) is 0 Å². The average molecular weight is 327 g/mol. The van der Waals surface area contributed by atoms with Crippen LogP contribution in [0.15, 0.2) is 59.8 Å². The van der Waals surface area contributed by atoms with E-state index < -0.39 is 10.0 Å². The van der Waals surface area contributed by atoms with E-state index in [1.807, 2.05) is 25.1 Å². The van der Waals surface area contributed by atoms with Crippen molar-refractivity contribution >= 4 is 20.9 Å². The second-order valence-corrected chi connectivity index (χ2v) is 6.98. The average Bonchev–Trinajstić information content (AvgIpc) is 2.56. The number of aryl methyl sites for hydroxylation is 1. The van der Waals surface area contributed by atoms with Crippen LogP contribution in [0.1, 0.15) is 11.3 Å². The number of nitrogens with zero attached hydrogens (tertiary/aromatic N) is 2. The minimum absolute atomic E-state index is 0.257. The van der Waals surface area contributed by atoms with Crippen LogP contribution in [0.5, 0.6) is 0 Å². The predicted octanol–water partition coefficient (Wildman–Crippen LogP) is 2.46. The van der Waals surface area contributed by atoms with E-state index >= 15 is 0 Å². The summed E-state index contributed by atoms with van der Waals surface area (Å²) >= 11 is 0. The van der Waals surface area contributed by atoms with Crippen LogP contribution in [-0.2, 0) is 16.4 Å². The Morgan fingerprint density at radius 1 is 1.00 bits per heavy atom. The van der Waals surface area contributed by atoms with E-state index in [0.717, 1.165) is 11.3 Å². The zero-order valence-electron chi connectivity index (χ0n) is 12.7. The van der Waals surface area contributed by atoms with Crippen molar-refractivity contribution in [1.29, 1.82) is 0 Å². The maximum atomic E-state index is 12.6. The Labute approximate surface area is 135 Å². The maximum Gasteiger partial charge on any atom is 0.241 e. The Morgan fingerprint density at radius 3 is 2.61 bits per heavy atom. The lowest BCUT2D eigenvalue weighted by molar-refractivity contribution is 0.582. The molecule has 0 saturated carbocycles. The van der Waals surface area contributed by atoms with Crippen LogP contribution >= 0.6 is 0 Å². The van der Waals surface area contributed by atoms with Gasteiger partial charge in [-0.25, -0.2) is 13.1 Å². The van der Waals surface area contributed by atoms with Gasteiger partial charge in [-0.1, -0.05) is 12.1 Å². The molecule has 0 unspecified atom stereocenters. The summed E-state index contributed by atoms with van der Waals surface area (Å²) in [5.74, 6) is 0. The molecule has 2 heterocycles. The number of fused-ring (bicyclic) bond motifs is 1. The molecule has 0 aliphatic carbocycles. The highest BCUT2D eigenvalue weighted by Crippen LogP contribution is 2.23. The van der Waals surface area contributed by atoms with Gasteiger partial charge in [-0.15, -0.1) is 0 Å². The van der Waals surface area contributed by atoms with Gasteiger partial charge in [0, 0.05) is 36.4 Å². The van der Waals surface area contributed by atoms with Crippen LogP contribution in [0.2, 0.25) is 0 Å². The molecular weight excluding hydrogens is 310 g/mol. The molecule has 3 aromatic rings. The van der Waals surface area contributed by atoms with Gasteiger partial charge < -0.3 is 0 Å². The molecule has 0 aliphatic heterocycles. The molecule has 0 bridgehead atoms. The summed E-state index contributed by atoms with van der Waals surface area (Å²) in [6, 6.07) is 12.5. The van der Waals surface area contributed by atoms with Gasteiger partial charge in [0.1, 0.15) is 0 Å². The molecule has 0 amide bonds. The largest absolute Gasteiger partial charge is 0.261 e. The molecule has 0 spiro atoms. The summed E-state index contributed by atoms with van der Waals surface area (Å²) in [4.78, 5) is 8.73. The fraction of sp³-hybridized carbons (Fsp3) is 0.176. The molecule has 6 heteroatoms. The van der Waals surface area contributed by atoms with E-state index in [1.54, 1.807) is 36.7 Å². The van der Waals surface area contributed by atoms with Crippen molar-refractivity contribution in [3.05, 3.63) is 66.1 Å². The first-order valence-corrected chi connectivity index (χ1v) is 8.80. The Balaban J connectivity index is 1.84. The number of hydrogen-bond donors (Lipinski definition) is 1. The second-order valence-electron chi connectivity index (χ2n) is 5.25.